The van der Waals surface area contributed by atoms with Crippen LogP contribution in [-0.2, 0) is 6.42 Å². The third-order valence-electron chi connectivity index (χ3n) is 2.60. The van der Waals surface area contributed by atoms with Gasteiger partial charge in [-0.1, -0.05) is 19.9 Å². The summed E-state index contributed by atoms with van der Waals surface area (Å²) in [4.78, 5) is 13.1. The molecule has 3 N–H and O–H groups in total. The van der Waals surface area contributed by atoms with E-state index in [0.717, 1.165) is 17.2 Å². The Kier molecular flexibility index (Phi) is 3.84. The van der Waals surface area contributed by atoms with Gasteiger partial charge in [0.05, 0.1) is 6.42 Å². The van der Waals surface area contributed by atoms with Crippen LogP contribution < -0.4 is 11.3 Å². The molecule has 0 amide bonds. The first-order chi connectivity index (χ1) is 8.69. The van der Waals surface area contributed by atoms with Crippen LogP contribution in [0.15, 0.2) is 30.5 Å². The molecule has 18 heavy (non-hydrogen) atoms. The smallest absolute Gasteiger partial charge is 0.143 e. The molecule has 0 bridgehead atoms. The van der Waals surface area contributed by atoms with Crippen LogP contribution >= 0.6 is 0 Å². The monoisotopic (exact) mass is 243 g/mol. The topological polar surface area (TPSA) is 76.7 Å². The molecule has 0 aliphatic heterocycles. The molecule has 0 aliphatic rings. The Morgan fingerprint density at radius 1 is 1.28 bits per heavy atom. The van der Waals surface area contributed by atoms with Crippen molar-refractivity contribution >= 4 is 5.82 Å². The first-order valence-electron chi connectivity index (χ1n) is 5.93. The van der Waals surface area contributed by atoms with Crippen molar-refractivity contribution in [1.29, 1.82) is 0 Å². The molecule has 5 nitrogen and oxygen atoms in total. The van der Waals surface area contributed by atoms with Crippen LogP contribution in [0.3, 0.4) is 0 Å². The Hall–Kier alpha value is -2.01. The van der Waals surface area contributed by atoms with Gasteiger partial charge in [0, 0.05) is 23.7 Å². The molecule has 0 aromatic carbocycles. The number of hydrogen-bond acceptors (Lipinski definition) is 5. The molecule has 0 saturated heterocycles. The van der Waals surface area contributed by atoms with Gasteiger partial charge in [0.2, 0.25) is 0 Å². The van der Waals surface area contributed by atoms with E-state index < -0.39 is 0 Å². The summed E-state index contributed by atoms with van der Waals surface area (Å²) >= 11 is 0. The average Bonchev–Trinajstić information content (AvgIpc) is 2.39. The highest BCUT2D eigenvalue weighted by Crippen LogP contribution is 2.16. The SMILES string of the molecule is CC(C)c1cc(NN)nc(Cc2ccccn2)n1. The zero-order chi connectivity index (χ0) is 13.0. The van der Waals surface area contributed by atoms with Crippen molar-refractivity contribution in [3.05, 3.63) is 47.7 Å². The zero-order valence-electron chi connectivity index (χ0n) is 10.6. The van der Waals surface area contributed by atoms with Crippen LogP contribution in [0.25, 0.3) is 0 Å². The van der Waals surface area contributed by atoms with Gasteiger partial charge in [0.25, 0.3) is 0 Å². The fourth-order valence-corrected chi connectivity index (χ4v) is 1.63. The number of anilines is 1. The zero-order valence-corrected chi connectivity index (χ0v) is 10.6. The molecule has 2 aromatic heterocycles. The van der Waals surface area contributed by atoms with Crippen molar-refractivity contribution in [2.24, 2.45) is 5.84 Å². The normalized spacial score (nSPS) is 10.7. The van der Waals surface area contributed by atoms with E-state index in [1.165, 1.54) is 0 Å². The van der Waals surface area contributed by atoms with Gasteiger partial charge in [-0.25, -0.2) is 15.8 Å². The lowest BCUT2D eigenvalue weighted by Crippen LogP contribution is -2.12. The summed E-state index contributed by atoms with van der Waals surface area (Å²) in [6.07, 6.45) is 2.37. The minimum Gasteiger partial charge on any atom is -0.308 e. The summed E-state index contributed by atoms with van der Waals surface area (Å²) in [6.45, 7) is 4.18. The van der Waals surface area contributed by atoms with Gasteiger partial charge in [-0.3, -0.25) is 4.98 Å². The highest BCUT2D eigenvalue weighted by molar-refractivity contribution is 5.35. The van der Waals surface area contributed by atoms with E-state index in [9.17, 15) is 0 Å². The fraction of sp³-hybridized carbons (Fsp3) is 0.308. The van der Waals surface area contributed by atoms with E-state index in [1.54, 1.807) is 6.20 Å². The standard InChI is InChI=1S/C13H17N5/c1-9(2)11-8-13(18-14)17-12(16-11)7-10-5-3-4-6-15-10/h3-6,8-9H,7,14H2,1-2H3,(H,16,17,18). The highest BCUT2D eigenvalue weighted by Gasteiger charge is 2.08. The predicted octanol–water partition coefficient (Wildman–Crippen LogP) is 1.87. The van der Waals surface area contributed by atoms with E-state index in [0.29, 0.717) is 18.2 Å². The molecule has 5 heteroatoms. The first-order valence-corrected chi connectivity index (χ1v) is 5.93. The molecular formula is C13H17N5. The molecule has 2 rings (SSSR count). The maximum Gasteiger partial charge on any atom is 0.143 e. The second kappa shape index (κ2) is 5.55. The molecule has 0 spiro atoms. The lowest BCUT2D eigenvalue weighted by molar-refractivity contribution is 0.789. The number of pyridine rings is 1. The molecule has 0 fully saturated rings. The van der Waals surface area contributed by atoms with Crippen LogP contribution in [0.5, 0.6) is 0 Å². The molecule has 0 radical (unpaired) electrons. The number of rotatable bonds is 4. The summed E-state index contributed by atoms with van der Waals surface area (Å²) in [5.74, 6) is 7.13. The van der Waals surface area contributed by atoms with Gasteiger partial charge < -0.3 is 5.43 Å². The third-order valence-corrected chi connectivity index (χ3v) is 2.60. The largest absolute Gasteiger partial charge is 0.308 e. The van der Waals surface area contributed by atoms with Crippen LogP contribution in [0.2, 0.25) is 0 Å². The van der Waals surface area contributed by atoms with Crippen molar-refractivity contribution in [2.75, 3.05) is 5.43 Å². The Bertz CT molecular complexity index is 510. The van der Waals surface area contributed by atoms with Gasteiger partial charge >= 0.3 is 0 Å². The molecule has 0 unspecified atom stereocenters. The van der Waals surface area contributed by atoms with Gasteiger partial charge in [-0.2, -0.15) is 0 Å². The quantitative estimate of drug-likeness (QED) is 0.633. The van der Waals surface area contributed by atoms with Gasteiger partial charge in [-0.15, -0.1) is 0 Å². The summed E-state index contributed by atoms with van der Waals surface area (Å²) in [6, 6.07) is 7.67. The van der Waals surface area contributed by atoms with Gasteiger partial charge in [0.15, 0.2) is 0 Å². The summed E-state index contributed by atoms with van der Waals surface area (Å²) in [5, 5.41) is 0. The van der Waals surface area contributed by atoms with Crippen LogP contribution in [-0.4, -0.2) is 15.0 Å². The van der Waals surface area contributed by atoms with E-state index in [4.69, 9.17) is 5.84 Å². The molecule has 0 aliphatic carbocycles. The molecule has 0 atom stereocenters. The number of nitrogens with two attached hydrogens (primary N) is 1. The third kappa shape index (κ3) is 3.01. The van der Waals surface area contributed by atoms with Gasteiger partial charge in [-0.05, 0) is 18.1 Å². The lowest BCUT2D eigenvalue weighted by Gasteiger charge is -2.09. The van der Waals surface area contributed by atoms with Crippen molar-refractivity contribution in [1.82, 2.24) is 15.0 Å². The average molecular weight is 243 g/mol. The number of nitrogens with zero attached hydrogens (tertiary/aromatic N) is 3. The Balaban J connectivity index is 2.30. The Labute approximate surface area is 106 Å². The van der Waals surface area contributed by atoms with Crippen LogP contribution in [0.1, 0.15) is 37.0 Å². The van der Waals surface area contributed by atoms with Crippen molar-refractivity contribution in [3.8, 4) is 0 Å². The van der Waals surface area contributed by atoms with Crippen molar-refractivity contribution < 1.29 is 0 Å². The minimum atomic E-state index is 0.336. The number of hydrazine groups is 1. The first kappa shape index (κ1) is 12.4. The fourth-order valence-electron chi connectivity index (χ4n) is 1.63. The molecular weight excluding hydrogens is 226 g/mol. The summed E-state index contributed by atoms with van der Waals surface area (Å²) < 4.78 is 0. The molecule has 2 aromatic rings. The van der Waals surface area contributed by atoms with Crippen molar-refractivity contribution in [2.45, 2.75) is 26.2 Å². The number of nitrogen functional groups attached to an aromatic ring is 1. The molecule has 2 heterocycles. The minimum absolute atomic E-state index is 0.336. The number of nitrogens with one attached hydrogen (secondary N) is 1. The second-order valence-electron chi connectivity index (χ2n) is 4.39. The Morgan fingerprint density at radius 2 is 2.11 bits per heavy atom. The maximum absolute atomic E-state index is 5.43. The lowest BCUT2D eigenvalue weighted by atomic mass is 10.1. The number of aromatic nitrogens is 3. The van der Waals surface area contributed by atoms with Gasteiger partial charge in [0.1, 0.15) is 11.6 Å². The predicted molar refractivity (Wildman–Crippen MR) is 71.0 cm³/mol. The summed E-state index contributed by atoms with van der Waals surface area (Å²) in [5.41, 5.74) is 4.50. The van der Waals surface area contributed by atoms with E-state index in [-0.39, 0.29) is 0 Å². The van der Waals surface area contributed by atoms with Crippen LogP contribution in [0, 0.1) is 0 Å². The van der Waals surface area contributed by atoms with Crippen LogP contribution in [0.4, 0.5) is 5.82 Å². The second-order valence-corrected chi connectivity index (χ2v) is 4.39. The van der Waals surface area contributed by atoms with E-state index in [1.807, 2.05) is 24.3 Å². The van der Waals surface area contributed by atoms with E-state index >= 15 is 0 Å². The number of hydrogen-bond donors (Lipinski definition) is 2. The van der Waals surface area contributed by atoms with E-state index in [2.05, 4.69) is 34.2 Å². The van der Waals surface area contributed by atoms with Crippen molar-refractivity contribution in [3.63, 3.8) is 0 Å². The molecule has 0 saturated carbocycles. The summed E-state index contributed by atoms with van der Waals surface area (Å²) in [7, 11) is 0. The Morgan fingerprint density at radius 3 is 2.72 bits per heavy atom. The molecule has 94 valence electrons. The highest BCUT2D eigenvalue weighted by atomic mass is 15.3. The maximum atomic E-state index is 5.43.